The zero-order valence-electron chi connectivity index (χ0n) is 13.5. The molecule has 1 heterocycles. The van der Waals surface area contributed by atoms with Gasteiger partial charge in [0.25, 0.3) is 0 Å². The predicted molar refractivity (Wildman–Crippen MR) is 94.7 cm³/mol. The summed E-state index contributed by atoms with van der Waals surface area (Å²) in [5.74, 6) is -0.200. The summed E-state index contributed by atoms with van der Waals surface area (Å²) < 4.78 is 14.1. The Morgan fingerprint density at radius 2 is 2.12 bits per heavy atom. The minimum Gasteiger partial charge on any atom is -0.363 e. The Morgan fingerprint density at radius 1 is 1.33 bits per heavy atom. The smallest absolute Gasteiger partial charge is 0.128 e. The van der Waals surface area contributed by atoms with E-state index in [4.69, 9.17) is 16.9 Å². The molecule has 3 nitrogen and oxygen atoms in total. The fraction of sp³-hybridized carbons (Fsp3) is 0.316. The van der Waals surface area contributed by atoms with Crippen LogP contribution in [0, 0.1) is 17.1 Å². The summed E-state index contributed by atoms with van der Waals surface area (Å²) in [6, 6.07) is 14.6. The van der Waals surface area contributed by atoms with Crippen LogP contribution in [-0.2, 0) is 6.54 Å². The molecule has 0 spiro atoms. The minimum absolute atomic E-state index is 0.200. The van der Waals surface area contributed by atoms with Crippen molar-refractivity contribution in [3.05, 3.63) is 64.4 Å². The maximum absolute atomic E-state index is 14.1. The second-order valence-corrected chi connectivity index (χ2v) is 6.61. The molecule has 1 saturated heterocycles. The highest BCUT2D eigenvalue weighted by Gasteiger charge is 2.27. The number of halogens is 2. The number of anilines is 1. The van der Waals surface area contributed by atoms with Crippen molar-refractivity contribution in [2.24, 2.45) is 0 Å². The summed E-state index contributed by atoms with van der Waals surface area (Å²) in [4.78, 5) is 4.46. The van der Waals surface area contributed by atoms with Crippen molar-refractivity contribution < 1.29 is 4.39 Å². The van der Waals surface area contributed by atoms with Crippen LogP contribution < -0.4 is 4.90 Å². The molecule has 2 aromatic carbocycles. The average Bonchev–Trinajstić information content (AvgIpc) is 3.00. The molecule has 1 atom stereocenters. The first-order valence-corrected chi connectivity index (χ1v) is 8.34. The van der Waals surface area contributed by atoms with E-state index < -0.39 is 0 Å². The molecule has 24 heavy (non-hydrogen) atoms. The molecular formula is C19H19ClFN3. The molecule has 0 aromatic heterocycles. The Morgan fingerprint density at radius 3 is 2.75 bits per heavy atom. The van der Waals surface area contributed by atoms with Crippen LogP contribution in [0.3, 0.4) is 0 Å². The molecule has 5 heteroatoms. The first kappa shape index (κ1) is 16.8. The Hall–Kier alpha value is -2.09. The van der Waals surface area contributed by atoms with Gasteiger partial charge in [0.15, 0.2) is 0 Å². The van der Waals surface area contributed by atoms with Gasteiger partial charge in [-0.1, -0.05) is 29.8 Å². The second kappa shape index (κ2) is 7.21. The van der Waals surface area contributed by atoms with Gasteiger partial charge >= 0.3 is 0 Å². The first-order valence-electron chi connectivity index (χ1n) is 7.96. The monoisotopic (exact) mass is 343 g/mol. The summed E-state index contributed by atoms with van der Waals surface area (Å²) in [6.07, 6.45) is 1.02. The number of benzene rings is 2. The Balaban J connectivity index is 1.95. The second-order valence-electron chi connectivity index (χ2n) is 6.20. The molecule has 0 N–H and O–H groups in total. The number of hydrogen-bond acceptors (Lipinski definition) is 3. The number of nitriles is 1. The molecule has 2 aromatic rings. The molecule has 1 aliphatic heterocycles. The molecule has 0 unspecified atom stereocenters. The van der Waals surface area contributed by atoms with Gasteiger partial charge in [0.05, 0.1) is 10.6 Å². The fourth-order valence-electron chi connectivity index (χ4n) is 3.18. The topological polar surface area (TPSA) is 30.3 Å². The van der Waals surface area contributed by atoms with Crippen LogP contribution in [-0.4, -0.2) is 31.1 Å². The van der Waals surface area contributed by atoms with E-state index in [1.165, 1.54) is 6.07 Å². The van der Waals surface area contributed by atoms with Gasteiger partial charge < -0.3 is 9.80 Å². The lowest BCUT2D eigenvalue weighted by Gasteiger charge is -2.31. The average molecular weight is 344 g/mol. The number of likely N-dealkylation sites (tertiary alicyclic amines) is 1. The molecule has 1 aliphatic rings. The van der Waals surface area contributed by atoms with E-state index in [9.17, 15) is 4.39 Å². The van der Waals surface area contributed by atoms with Gasteiger partial charge in [-0.25, -0.2) is 4.39 Å². The number of likely N-dealkylation sites (N-methyl/N-ethyl adjacent to an activating group) is 1. The molecule has 124 valence electrons. The van der Waals surface area contributed by atoms with E-state index in [2.05, 4.69) is 22.9 Å². The summed E-state index contributed by atoms with van der Waals surface area (Å²) in [7, 11) is 2.09. The molecule has 0 radical (unpaired) electrons. The minimum atomic E-state index is -0.200. The number of rotatable bonds is 4. The van der Waals surface area contributed by atoms with Gasteiger partial charge in [-0.2, -0.15) is 5.26 Å². The molecule has 1 fully saturated rings. The van der Waals surface area contributed by atoms with Gasteiger partial charge in [-0.15, -0.1) is 0 Å². The van der Waals surface area contributed by atoms with Crippen LogP contribution in [0.2, 0.25) is 5.02 Å². The maximum Gasteiger partial charge on any atom is 0.128 e. The summed E-state index contributed by atoms with van der Waals surface area (Å²) >= 11 is 6.21. The Kier molecular flexibility index (Phi) is 5.03. The largest absolute Gasteiger partial charge is 0.363 e. The first-order chi connectivity index (χ1) is 11.6. The highest BCUT2D eigenvalue weighted by atomic mass is 35.5. The number of hydrogen-bond donors (Lipinski definition) is 0. The third-order valence-corrected chi connectivity index (χ3v) is 4.82. The van der Waals surface area contributed by atoms with Gasteiger partial charge in [-0.3, -0.25) is 0 Å². The van der Waals surface area contributed by atoms with Crippen LogP contribution in [0.25, 0.3) is 0 Å². The molecular weight excluding hydrogens is 325 g/mol. The van der Waals surface area contributed by atoms with E-state index >= 15 is 0 Å². The number of nitrogens with zero attached hydrogens (tertiary/aromatic N) is 3. The highest BCUT2D eigenvalue weighted by Crippen LogP contribution is 2.29. The van der Waals surface area contributed by atoms with Crippen LogP contribution in [0.1, 0.15) is 17.5 Å². The third kappa shape index (κ3) is 3.53. The molecule has 0 saturated carbocycles. The summed E-state index contributed by atoms with van der Waals surface area (Å²) in [6.45, 7) is 2.42. The van der Waals surface area contributed by atoms with Crippen LogP contribution in [0.15, 0.2) is 42.5 Å². The molecule has 0 aliphatic carbocycles. The SMILES string of the molecule is CN1CC[C@H](N(Cc2ccccc2F)c2ccc(C#N)c(Cl)c2)C1. The van der Waals surface area contributed by atoms with Crippen molar-refractivity contribution in [2.45, 2.75) is 19.0 Å². The lowest BCUT2D eigenvalue weighted by atomic mass is 10.1. The van der Waals surface area contributed by atoms with Gasteiger partial charge in [-0.05, 0) is 44.3 Å². The van der Waals surface area contributed by atoms with Crippen LogP contribution >= 0.6 is 11.6 Å². The van der Waals surface area contributed by atoms with Crippen molar-refractivity contribution in [1.82, 2.24) is 4.90 Å². The third-order valence-electron chi connectivity index (χ3n) is 4.51. The maximum atomic E-state index is 14.1. The van der Waals surface area contributed by atoms with Crippen molar-refractivity contribution in [3.63, 3.8) is 0 Å². The van der Waals surface area contributed by atoms with Gasteiger partial charge in [0.2, 0.25) is 0 Å². The quantitative estimate of drug-likeness (QED) is 0.838. The van der Waals surface area contributed by atoms with E-state index in [-0.39, 0.29) is 5.82 Å². The van der Waals surface area contributed by atoms with E-state index in [1.54, 1.807) is 18.2 Å². The molecule has 3 rings (SSSR count). The van der Waals surface area contributed by atoms with Crippen LogP contribution in [0.5, 0.6) is 0 Å². The summed E-state index contributed by atoms with van der Waals surface area (Å²) in [5.41, 5.74) is 2.03. The highest BCUT2D eigenvalue weighted by molar-refractivity contribution is 6.32. The van der Waals surface area contributed by atoms with Crippen molar-refractivity contribution in [2.75, 3.05) is 25.0 Å². The van der Waals surface area contributed by atoms with Crippen LogP contribution in [0.4, 0.5) is 10.1 Å². The summed E-state index contributed by atoms with van der Waals surface area (Å²) in [5, 5.41) is 9.49. The van der Waals surface area contributed by atoms with Gasteiger partial charge in [0.1, 0.15) is 11.9 Å². The van der Waals surface area contributed by atoms with Crippen molar-refractivity contribution in [1.29, 1.82) is 5.26 Å². The standard InChI is InChI=1S/C19H19ClFN3/c1-23-9-8-17(13-23)24(12-15-4-2-3-5-19(15)21)16-7-6-14(11-22)18(20)10-16/h2-7,10,17H,8-9,12-13H2,1H3/t17-/m0/s1. The van der Waals surface area contributed by atoms with Crippen molar-refractivity contribution >= 4 is 17.3 Å². The Labute approximate surface area is 146 Å². The molecule has 0 amide bonds. The van der Waals surface area contributed by atoms with E-state index in [1.807, 2.05) is 18.2 Å². The normalized spacial score (nSPS) is 17.7. The fourth-order valence-corrected chi connectivity index (χ4v) is 3.40. The predicted octanol–water partition coefficient (Wildman–Crippen LogP) is 4.06. The zero-order chi connectivity index (χ0) is 17.1. The van der Waals surface area contributed by atoms with E-state index in [0.29, 0.717) is 28.7 Å². The van der Waals surface area contributed by atoms with Crippen molar-refractivity contribution in [3.8, 4) is 6.07 Å². The Bertz CT molecular complexity index is 771. The van der Waals surface area contributed by atoms with Gasteiger partial charge in [0, 0.05) is 30.4 Å². The molecule has 0 bridgehead atoms. The lowest BCUT2D eigenvalue weighted by molar-refractivity contribution is 0.407. The lowest BCUT2D eigenvalue weighted by Crippen LogP contribution is -2.37. The van der Waals surface area contributed by atoms with E-state index in [0.717, 1.165) is 25.2 Å². The zero-order valence-corrected chi connectivity index (χ0v) is 14.3.